The average Bonchev–Trinajstić information content (AvgIpc) is 2.36. The summed E-state index contributed by atoms with van der Waals surface area (Å²) in [6.07, 6.45) is 4.68. The van der Waals surface area contributed by atoms with E-state index in [0.717, 1.165) is 25.9 Å². The zero-order valence-corrected chi connectivity index (χ0v) is 10.8. The number of rotatable bonds is 2. The van der Waals surface area contributed by atoms with Crippen molar-refractivity contribution in [1.82, 2.24) is 10.3 Å². The Morgan fingerprint density at radius 3 is 2.76 bits per heavy atom. The highest BCUT2D eigenvalue weighted by molar-refractivity contribution is 9.10. The van der Waals surface area contributed by atoms with Gasteiger partial charge in [-0.15, -0.1) is 0 Å². The molecule has 1 aromatic heterocycles. The molecule has 2 heterocycles. The lowest BCUT2D eigenvalue weighted by Crippen LogP contribution is -2.35. The average molecular weight is 300 g/mol. The number of carbonyl (C=O) groups is 1. The number of amides is 1. The first-order valence-electron chi connectivity index (χ1n) is 5.56. The molecule has 1 amide bonds. The van der Waals surface area contributed by atoms with Crippen molar-refractivity contribution >= 4 is 27.5 Å². The standard InChI is InChI=1S/C11H14BrN3O2/c12-8-5-14-6-9(10(8)16)15-11(17)7-1-3-13-4-2-7/h5-7,13H,1-4H2,(H,14,16)(H,15,17). The van der Waals surface area contributed by atoms with Gasteiger partial charge in [0.2, 0.25) is 11.3 Å². The van der Waals surface area contributed by atoms with Crippen LogP contribution in [0.3, 0.4) is 0 Å². The van der Waals surface area contributed by atoms with Crippen LogP contribution < -0.4 is 16.1 Å². The Hall–Kier alpha value is -1.14. The molecule has 1 aliphatic rings. The van der Waals surface area contributed by atoms with E-state index >= 15 is 0 Å². The van der Waals surface area contributed by atoms with Gasteiger partial charge in [0, 0.05) is 18.3 Å². The third kappa shape index (κ3) is 2.95. The quantitative estimate of drug-likeness (QED) is 0.765. The van der Waals surface area contributed by atoms with Gasteiger partial charge in [0.25, 0.3) is 0 Å². The second-order valence-corrected chi connectivity index (χ2v) is 4.91. The van der Waals surface area contributed by atoms with Crippen LogP contribution in [0.1, 0.15) is 12.8 Å². The number of nitrogens with one attached hydrogen (secondary N) is 3. The van der Waals surface area contributed by atoms with Gasteiger partial charge >= 0.3 is 0 Å². The third-order valence-corrected chi connectivity index (χ3v) is 3.46. The highest BCUT2D eigenvalue weighted by Gasteiger charge is 2.21. The Morgan fingerprint density at radius 2 is 2.06 bits per heavy atom. The second-order valence-electron chi connectivity index (χ2n) is 4.06. The van der Waals surface area contributed by atoms with E-state index < -0.39 is 0 Å². The zero-order valence-electron chi connectivity index (χ0n) is 9.25. The van der Waals surface area contributed by atoms with E-state index in [9.17, 15) is 9.59 Å². The lowest BCUT2D eigenvalue weighted by Gasteiger charge is -2.21. The molecule has 3 N–H and O–H groups in total. The van der Waals surface area contributed by atoms with Crippen LogP contribution in [-0.4, -0.2) is 24.0 Å². The summed E-state index contributed by atoms with van der Waals surface area (Å²) in [4.78, 5) is 26.4. The lowest BCUT2D eigenvalue weighted by atomic mass is 9.97. The second kappa shape index (κ2) is 5.46. The molecule has 2 rings (SSSR count). The molecule has 0 aliphatic carbocycles. The molecule has 0 atom stereocenters. The molecule has 1 fully saturated rings. The van der Waals surface area contributed by atoms with E-state index in [-0.39, 0.29) is 17.3 Å². The maximum atomic E-state index is 11.9. The Labute approximate surface area is 107 Å². The van der Waals surface area contributed by atoms with Crippen molar-refractivity contribution in [2.45, 2.75) is 12.8 Å². The van der Waals surface area contributed by atoms with E-state index in [2.05, 4.69) is 31.5 Å². The van der Waals surface area contributed by atoms with Crippen LogP contribution in [-0.2, 0) is 4.79 Å². The van der Waals surface area contributed by atoms with Crippen molar-refractivity contribution in [3.05, 3.63) is 27.1 Å². The third-order valence-electron chi connectivity index (χ3n) is 2.87. The van der Waals surface area contributed by atoms with E-state index in [1.165, 1.54) is 6.20 Å². The molecule has 6 heteroatoms. The summed E-state index contributed by atoms with van der Waals surface area (Å²) in [5.41, 5.74) is 0.0916. The molecule has 17 heavy (non-hydrogen) atoms. The maximum absolute atomic E-state index is 11.9. The molecule has 1 aliphatic heterocycles. The fraction of sp³-hybridized carbons (Fsp3) is 0.455. The normalized spacial score (nSPS) is 16.8. The Kier molecular flexibility index (Phi) is 3.96. The monoisotopic (exact) mass is 299 g/mol. The molecule has 1 saturated heterocycles. The maximum Gasteiger partial charge on any atom is 0.227 e. The topological polar surface area (TPSA) is 74.0 Å². The minimum atomic E-state index is -0.203. The van der Waals surface area contributed by atoms with Gasteiger partial charge in [0.05, 0.1) is 4.47 Å². The Bertz CT molecular complexity index is 466. The molecular weight excluding hydrogens is 286 g/mol. The number of hydrogen-bond acceptors (Lipinski definition) is 3. The molecule has 0 bridgehead atoms. The fourth-order valence-electron chi connectivity index (χ4n) is 1.87. The Balaban J connectivity index is 2.07. The predicted molar refractivity (Wildman–Crippen MR) is 69.0 cm³/mol. The molecule has 0 radical (unpaired) electrons. The molecule has 92 valence electrons. The minimum absolute atomic E-state index is 0.00497. The highest BCUT2D eigenvalue weighted by Crippen LogP contribution is 2.14. The van der Waals surface area contributed by atoms with Crippen molar-refractivity contribution in [3.8, 4) is 0 Å². The van der Waals surface area contributed by atoms with E-state index in [4.69, 9.17) is 0 Å². The summed E-state index contributed by atoms with van der Waals surface area (Å²) in [5.74, 6) is -0.0790. The van der Waals surface area contributed by atoms with Crippen molar-refractivity contribution < 1.29 is 4.79 Å². The molecular formula is C11H14BrN3O2. The first-order chi connectivity index (χ1) is 8.18. The van der Waals surface area contributed by atoms with Crippen molar-refractivity contribution in [2.24, 2.45) is 5.92 Å². The largest absolute Gasteiger partial charge is 0.365 e. The number of anilines is 1. The zero-order chi connectivity index (χ0) is 12.3. The van der Waals surface area contributed by atoms with Crippen LogP contribution in [0, 0.1) is 5.92 Å². The van der Waals surface area contributed by atoms with Gasteiger partial charge in [-0.05, 0) is 41.9 Å². The first-order valence-corrected chi connectivity index (χ1v) is 6.36. The number of H-pyrrole nitrogens is 1. The number of aromatic nitrogens is 1. The fourth-order valence-corrected chi connectivity index (χ4v) is 2.22. The van der Waals surface area contributed by atoms with Gasteiger partial charge in [-0.25, -0.2) is 0 Å². The summed E-state index contributed by atoms with van der Waals surface area (Å²) < 4.78 is 0.417. The van der Waals surface area contributed by atoms with Crippen LogP contribution in [0.5, 0.6) is 0 Å². The van der Waals surface area contributed by atoms with Crippen LogP contribution in [0.4, 0.5) is 5.69 Å². The number of hydrogen-bond donors (Lipinski definition) is 3. The summed E-state index contributed by atoms with van der Waals surface area (Å²) >= 11 is 3.13. The number of carbonyl (C=O) groups excluding carboxylic acids is 1. The summed E-state index contributed by atoms with van der Waals surface area (Å²) in [6.45, 7) is 1.71. The van der Waals surface area contributed by atoms with Crippen LogP contribution >= 0.6 is 15.9 Å². The van der Waals surface area contributed by atoms with Crippen molar-refractivity contribution in [2.75, 3.05) is 18.4 Å². The molecule has 0 aromatic carbocycles. The van der Waals surface area contributed by atoms with E-state index in [0.29, 0.717) is 10.2 Å². The van der Waals surface area contributed by atoms with Crippen LogP contribution in [0.15, 0.2) is 21.7 Å². The number of piperidine rings is 1. The highest BCUT2D eigenvalue weighted by atomic mass is 79.9. The van der Waals surface area contributed by atoms with Crippen molar-refractivity contribution in [3.63, 3.8) is 0 Å². The smallest absolute Gasteiger partial charge is 0.227 e. The molecule has 0 unspecified atom stereocenters. The van der Waals surface area contributed by atoms with Gasteiger partial charge in [0.1, 0.15) is 5.69 Å². The van der Waals surface area contributed by atoms with Gasteiger partial charge < -0.3 is 15.6 Å². The number of halogens is 1. The van der Waals surface area contributed by atoms with Gasteiger partial charge in [0.15, 0.2) is 0 Å². The molecule has 5 nitrogen and oxygen atoms in total. The predicted octanol–water partition coefficient (Wildman–Crippen LogP) is 1.08. The van der Waals surface area contributed by atoms with E-state index in [1.54, 1.807) is 6.20 Å². The van der Waals surface area contributed by atoms with Crippen LogP contribution in [0.25, 0.3) is 0 Å². The summed E-state index contributed by atoms with van der Waals surface area (Å²) in [6, 6.07) is 0. The summed E-state index contributed by atoms with van der Waals surface area (Å²) in [7, 11) is 0. The molecule has 0 saturated carbocycles. The first kappa shape index (κ1) is 12.3. The lowest BCUT2D eigenvalue weighted by molar-refractivity contribution is -0.120. The minimum Gasteiger partial charge on any atom is -0.365 e. The van der Waals surface area contributed by atoms with Gasteiger partial charge in [-0.2, -0.15) is 0 Å². The van der Waals surface area contributed by atoms with Crippen molar-refractivity contribution in [1.29, 1.82) is 0 Å². The summed E-state index contributed by atoms with van der Waals surface area (Å²) in [5, 5.41) is 5.88. The Morgan fingerprint density at radius 1 is 1.35 bits per heavy atom. The van der Waals surface area contributed by atoms with Gasteiger partial charge in [-0.3, -0.25) is 9.59 Å². The molecule has 1 aromatic rings. The number of pyridine rings is 1. The number of aromatic amines is 1. The van der Waals surface area contributed by atoms with Gasteiger partial charge in [-0.1, -0.05) is 0 Å². The van der Waals surface area contributed by atoms with Crippen LogP contribution in [0.2, 0.25) is 0 Å². The van der Waals surface area contributed by atoms with E-state index in [1.807, 2.05) is 0 Å². The SMILES string of the molecule is O=C(Nc1c[nH]cc(Br)c1=O)C1CCNCC1. The molecule has 0 spiro atoms.